The summed E-state index contributed by atoms with van der Waals surface area (Å²) in [6.07, 6.45) is 17.6. The number of fused-ring (bicyclic) bond motifs is 4. The van der Waals surface area contributed by atoms with Gasteiger partial charge in [0.05, 0.1) is 35.7 Å². The number of benzene rings is 2. The van der Waals surface area contributed by atoms with Crippen molar-refractivity contribution in [2.24, 2.45) is 5.14 Å². The van der Waals surface area contributed by atoms with Gasteiger partial charge in [-0.2, -0.15) is 10.5 Å². The zero-order valence-corrected chi connectivity index (χ0v) is 33.8. The van der Waals surface area contributed by atoms with Crippen molar-refractivity contribution >= 4 is 31.5 Å². The summed E-state index contributed by atoms with van der Waals surface area (Å²) in [6.45, 7) is 2.80. The molecule has 2 aromatic carbocycles. The average Bonchev–Trinajstić information content (AvgIpc) is 4.00. The number of likely N-dealkylation sites (tertiary alicyclic amines) is 2. The molecule has 0 radical (unpaired) electrons. The van der Waals surface area contributed by atoms with Gasteiger partial charge in [0.2, 0.25) is 15.9 Å². The van der Waals surface area contributed by atoms with Crippen molar-refractivity contribution in [3.63, 3.8) is 0 Å². The minimum Gasteiger partial charge on any atom is -0.387 e. The molecular formula is C41H53N7O6S2. The van der Waals surface area contributed by atoms with Gasteiger partial charge in [-0.3, -0.25) is 14.6 Å². The van der Waals surface area contributed by atoms with Crippen LogP contribution in [-0.2, 0) is 76.0 Å². The van der Waals surface area contributed by atoms with Crippen LogP contribution in [0.15, 0.2) is 12.1 Å². The minimum absolute atomic E-state index is 0.237. The Balaban J connectivity index is 0.000000159. The fraction of sp³-hybridized carbons (Fsp3) is 0.610. The quantitative estimate of drug-likeness (QED) is 0.290. The predicted molar refractivity (Wildman–Crippen MR) is 213 cm³/mol. The maximum atomic E-state index is 12.8. The standard InChI is InChI=1S/C21H27N3O3S.C13H13NO.C7H13N3O2S/c22-9-11-24-10-3-6-17(13-24)28(26,27)14-20(25)23-21-18-7-1-4-15(18)12-16-5-2-8-19(16)21;14-8-15-13-11-5-1-3-9(11)7-10-4-2-6-12(10)13;8-3-5-10-4-1-2-7(6-10)13(9,11)12/h12,17H,1-8,10-11,13-14H2,(H,23,25);7H,1-6H2;7H,1-2,4-6H2,(H2,9,11,12). The van der Waals surface area contributed by atoms with Crippen LogP contribution in [0.1, 0.15) is 95.9 Å². The van der Waals surface area contributed by atoms with E-state index < -0.39 is 42.0 Å². The van der Waals surface area contributed by atoms with Gasteiger partial charge in [0.1, 0.15) is 11.5 Å². The summed E-state index contributed by atoms with van der Waals surface area (Å²) in [5, 5.41) is 33.0. The second-order valence-electron chi connectivity index (χ2n) is 15.9. The van der Waals surface area contributed by atoms with Crippen molar-refractivity contribution in [3.8, 4) is 24.1 Å². The zero-order valence-electron chi connectivity index (χ0n) is 32.2. The van der Waals surface area contributed by atoms with Crippen molar-refractivity contribution in [1.29, 1.82) is 15.8 Å². The third-order valence-corrected chi connectivity index (χ3v) is 15.5. The van der Waals surface area contributed by atoms with Gasteiger partial charge in [-0.1, -0.05) is 12.1 Å². The number of primary sulfonamides is 1. The number of nitrogens with zero attached hydrogens (tertiary/aromatic N) is 5. The molecule has 2 fully saturated rings. The monoisotopic (exact) mass is 803 g/mol. The van der Waals surface area contributed by atoms with E-state index in [9.17, 15) is 21.6 Å². The van der Waals surface area contributed by atoms with E-state index in [0.717, 1.165) is 102 Å². The van der Waals surface area contributed by atoms with Crippen LogP contribution in [0.25, 0.3) is 0 Å². The molecule has 2 aliphatic heterocycles. The summed E-state index contributed by atoms with van der Waals surface area (Å²) in [5.41, 5.74) is 11.4. The maximum Gasteiger partial charge on any atom is 0.292 e. The van der Waals surface area contributed by atoms with Crippen molar-refractivity contribution in [2.45, 2.75) is 113 Å². The summed E-state index contributed by atoms with van der Waals surface area (Å²) >= 11 is 0. The molecular weight excluding hydrogens is 751 g/mol. The molecule has 2 heterocycles. The fourth-order valence-electron chi connectivity index (χ4n) is 9.45. The van der Waals surface area contributed by atoms with Crippen molar-refractivity contribution < 1.29 is 26.4 Å². The second-order valence-corrected chi connectivity index (χ2v) is 20.0. The normalized spacial score (nSPS) is 21.3. The predicted octanol–water partition coefficient (Wildman–Crippen LogP) is 3.79. The maximum absolute atomic E-state index is 12.8. The lowest BCUT2D eigenvalue weighted by Gasteiger charge is -2.30. The number of nitrogens with two attached hydrogens (primary N) is 1. The summed E-state index contributed by atoms with van der Waals surface area (Å²) in [6, 6.07) is 8.72. The Bertz CT molecular complexity index is 2090. The van der Waals surface area contributed by atoms with Crippen LogP contribution >= 0.6 is 0 Å². The lowest BCUT2D eigenvalue weighted by molar-refractivity contribution is -0.113. The molecule has 15 heteroatoms. The van der Waals surface area contributed by atoms with E-state index in [1.165, 1.54) is 57.3 Å². The molecule has 0 saturated carbocycles. The molecule has 8 rings (SSSR count). The number of ether oxygens (including phenoxy) is 1. The van der Waals surface area contributed by atoms with Crippen molar-refractivity contribution in [2.75, 3.05) is 50.3 Å². The van der Waals surface area contributed by atoms with Crippen LogP contribution < -0.4 is 15.2 Å². The Kier molecular flexibility index (Phi) is 13.7. The van der Waals surface area contributed by atoms with Gasteiger partial charge in [-0.05, 0) is 160 Å². The number of sulfone groups is 1. The number of carbonyl (C=O) groups excluding carboxylic acids is 1. The molecule has 56 heavy (non-hydrogen) atoms. The molecule has 13 nitrogen and oxygen atoms in total. The minimum atomic E-state index is -3.55. The highest BCUT2D eigenvalue weighted by Gasteiger charge is 2.34. The Labute approximate surface area is 331 Å². The van der Waals surface area contributed by atoms with E-state index in [4.69, 9.17) is 25.7 Å². The molecule has 4 aliphatic carbocycles. The highest BCUT2D eigenvalue weighted by molar-refractivity contribution is 7.92. The van der Waals surface area contributed by atoms with Gasteiger partial charge < -0.3 is 10.1 Å². The van der Waals surface area contributed by atoms with Gasteiger partial charge in [0.25, 0.3) is 6.26 Å². The van der Waals surface area contributed by atoms with Crippen LogP contribution in [0.2, 0.25) is 0 Å². The highest BCUT2D eigenvalue weighted by atomic mass is 32.2. The van der Waals surface area contributed by atoms with Gasteiger partial charge in [0.15, 0.2) is 9.84 Å². The molecule has 300 valence electrons. The van der Waals surface area contributed by atoms with Crippen LogP contribution in [0.4, 0.5) is 5.69 Å². The first kappa shape index (κ1) is 41.6. The fourth-order valence-corrected chi connectivity index (χ4v) is 12.0. The van der Waals surface area contributed by atoms with Gasteiger partial charge >= 0.3 is 0 Å². The lowest BCUT2D eigenvalue weighted by Crippen LogP contribution is -2.44. The van der Waals surface area contributed by atoms with Crippen molar-refractivity contribution in [1.82, 2.24) is 9.80 Å². The molecule has 2 atom stereocenters. The van der Waals surface area contributed by atoms with Gasteiger partial charge in [0, 0.05) is 18.8 Å². The first-order valence-corrected chi connectivity index (χ1v) is 23.3. The Morgan fingerprint density at radius 3 is 1.61 bits per heavy atom. The number of amides is 1. The lowest BCUT2D eigenvalue weighted by atomic mass is 9.98. The molecule has 0 bridgehead atoms. The summed E-state index contributed by atoms with van der Waals surface area (Å²) in [7, 11) is -6.97. The summed E-state index contributed by atoms with van der Waals surface area (Å²) in [5.74, 6) is 0.00283. The van der Waals surface area contributed by atoms with E-state index in [0.29, 0.717) is 25.9 Å². The van der Waals surface area contributed by atoms with E-state index in [1.54, 1.807) is 0 Å². The largest absolute Gasteiger partial charge is 0.387 e. The highest BCUT2D eigenvalue weighted by Crippen LogP contribution is 2.40. The van der Waals surface area contributed by atoms with Gasteiger partial charge in [-0.15, -0.1) is 5.26 Å². The zero-order chi connectivity index (χ0) is 39.9. The first-order valence-electron chi connectivity index (χ1n) is 20.0. The third kappa shape index (κ3) is 9.90. The van der Waals surface area contributed by atoms with E-state index in [1.807, 2.05) is 22.1 Å². The second kappa shape index (κ2) is 18.5. The Morgan fingerprint density at radius 2 is 1.14 bits per heavy atom. The van der Waals surface area contributed by atoms with E-state index in [2.05, 4.69) is 23.5 Å². The first-order chi connectivity index (χ1) is 26.9. The number of aryl methyl sites for hydroxylation is 4. The van der Waals surface area contributed by atoms with Crippen molar-refractivity contribution in [3.05, 3.63) is 56.6 Å². The van der Waals surface area contributed by atoms with E-state index in [-0.39, 0.29) is 13.1 Å². The number of hydrogen-bond acceptors (Lipinski definition) is 11. The molecule has 0 aromatic heterocycles. The number of piperidine rings is 2. The third-order valence-electron chi connectivity index (χ3n) is 12.1. The smallest absolute Gasteiger partial charge is 0.292 e. The number of nitriles is 3. The topological polar surface area (TPSA) is 210 Å². The summed E-state index contributed by atoms with van der Waals surface area (Å²) in [4.78, 5) is 16.4. The summed E-state index contributed by atoms with van der Waals surface area (Å²) < 4.78 is 52.9. The van der Waals surface area contributed by atoms with Crippen LogP contribution in [0, 0.1) is 34.2 Å². The Hall–Kier alpha value is -4.04. The molecule has 6 aliphatic rings. The molecule has 0 spiro atoms. The Morgan fingerprint density at radius 1 is 0.696 bits per heavy atom. The average molecular weight is 804 g/mol. The number of rotatable bonds is 8. The van der Waals surface area contributed by atoms with Gasteiger partial charge in [-0.25, -0.2) is 22.0 Å². The number of hydrogen-bond donors (Lipinski definition) is 2. The van der Waals surface area contributed by atoms with Crippen LogP contribution in [-0.4, -0.2) is 88.1 Å². The molecule has 3 N–H and O–H groups in total. The van der Waals surface area contributed by atoms with Crippen LogP contribution in [0.5, 0.6) is 5.75 Å². The number of nitrogens with one attached hydrogen (secondary N) is 1. The molecule has 2 aromatic rings. The van der Waals surface area contributed by atoms with E-state index >= 15 is 0 Å². The number of sulfonamides is 1. The molecule has 1 amide bonds. The molecule has 2 saturated heterocycles. The number of carbonyl (C=O) groups is 1. The number of anilines is 1. The van der Waals surface area contributed by atoms with Crippen LogP contribution in [0.3, 0.4) is 0 Å². The molecule has 2 unspecified atom stereocenters. The SMILES string of the molecule is N#CCN1CCCC(S(=O)(=O)CC(=O)Nc2c3c(cc4c2CCC4)CCC3)C1.N#CCN1CCCC(S(N)(=O)=O)C1.N#COc1c2c(cc3c1CCC3)CCC2.